The van der Waals surface area contributed by atoms with E-state index in [9.17, 15) is 4.79 Å². The first-order chi connectivity index (χ1) is 14.0. The van der Waals surface area contributed by atoms with E-state index in [1.165, 1.54) is 17.7 Å². The first kappa shape index (κ1) is 19.3. The number of carbonyl (C=O) groups excluding carboxylic acids is 1. The van der Waals surface area contributed by atoms with Gasteiger partial charge < -0.3 is 15.0 Å². The fourth-order valence-corrected chi connectivity index (χ4v) is 4.09. The second kappa shape index (κ2) is 8.12. The first-order valence-electron chi connectivity index (χ1n) is 9.33. The molecule has 0 bridgehead atoms. The van der Waals surface area contributed by atoms with Crippen molar-refractivity contribution in [2.24, 2.45) is 4.99 Å². The zero-order valence-electron chi connectivity index (χ0n) is 16.6. The van der Waals surface area contributed by atoms with Crippen LogP contribution in [0.4, 0.5) is 11.5 Å². The highest BCUT2D eigenvalue weighted by Crippen LogP contribution is 2.34. The molecule has 0 atom stereocenters. The lowest BCUT2D eigenvalue weighted by Gasteiger charge is -2.12. The molecular weight excluding hydrogens is 388 g/mol. The molecule has 0 spiro atoms. The van der Waals surface area contributed by atoms with Gasteiger partial charge in [0.2, 0.25) is 5.91 Å². The average Bonchev–Trinajstić information content (AvgIpc) is 3.33. The maximum Gasteiger partial charge on any atom is 0.222 e. The largest absolute Gasteiger partial charge is 0.495 e. The number of ether oxygens (including phenoxy) is 1. The number of aryl methyl sites for hydroxylation is 1. The highest BCUT2D eigenvalue weighted by molar-refractivity contribution is 7.18. The molecule has 1 aliphatic rings. The Morgan fingerprint density at radius 3 is 2.97 bits per heavy atom. The Morgan fingerprint density at radius 1 is 1.31 bits per heavy atom. The molecule has 2 aromatic heterocycles. The number of rotatable bonds is 7. The fraction of sp³-hybridized carbons (Fsp3) is 0.350. The number of hydrogen-bond acceptors (Lipinski definition) is 8. The number of anilines is 2. The lowest BCUT2D eigenvalue weighted by Crippen LogP contribution is -2.21. The number of amides is 1. The third kappa shape index (κ3) is 4.04. The molecule has 9 heteroatoms. The molecule has 3 aromatic rings. The minimum atomic E-state index is 0.125. The minimum Gasteiger partial charge on any atom is -0.495 e. The molecule has 1 aromatic carbocycles. The van der Waals surface area contributed by atoms with Gasteiger partial charge >= 0.3 is 0 Å². The van der Waals surface area contributed by atoms with E-state index in [-0.39, 0.29) is 5.91 Å². The molecule has 3 heterocycles. The summed E-state index contributed by atoms with van der Waals surface area (Å²) in [6.07, 6.45) is 5.40. The Hall–Kier alpha value is -3.07. The van der Waals surface area contributed by atoms with Crippen molar-refractivity contribution < 1.29 is 9.53 Å². The molecule has 150 valence electrons. The summed E-state index contributed by atoms with van der Waals surface area (Å²) < 4.78 is 5.54. The molecule has 0 aliphatic carbocycles. The zero-order chi connectivity index (χ0) is 20.4. The summed E-state index contributed by atoms with van der Waals surface area (Å²) in [6, 6.07) is 4.01. The summed E-state index contributed by atoms with van der Waals surface area (Å²) >= 11 is 1.53. The van der Waals surface area contributed by atoms with Gasteiger partial charge in [0, 0.05) is 26.7 Å². The molecule has 0 saturated carbocycles. The van der Waals surface area contributed by atoms with Crippen LogP contribution in [0.3, 0.4) is 0 Å². The highest BCUT2D eigenvalue weighted by atomic mass is 32.1. The molecule has 29 heavy (non-hydrogen) atoms. The molecule has 1 amide bonds. The molecule has 0 saturated heterocycles. The molecule has 1 aliphatic heterocycles. The van der Waals surface area contributed by atoms with Crippen molar-refractivity contribution in [3.8, 4) is 5.75 Å². The number of hydrogen-bond donors (Lipinski definition) is 1. The maximum absolute atomic E-state index is 11.8. The number of benzene rings is 1. The third-order valence-corrected chi connectivity index (χ3v) is 5.75. The standard InChI is InChI=1S/C20H22N6O2S/c1-26(2)17(27)6-4-5-16-25-18-19(22-11-23-20(18)29-16)24-14-7-12-9-21-10-13(12)8-15(14)28-3/h7-9,11H,4-6,10H2,1-3H3,(H,22,23,24). The highest BCUT2D eigenvalue weighted by Gasteiger charge is 2.16. The van der Waals surface area contributed by atoms with E-state index in [0.29, 0.717) is 18.8 Å². The van der Waals surface area contributed by atoms with Crippen LogP contribution in [-0.4, -0.2) is 53.2 Å². The van der Waals surface area contributed by atoms with Gasteiger partial charge in [-0.15, -0.1) is 0 Å². The Bertz CT molecular complexity index is 1090. The maximum atomic E-state index is 11.8. The zero-order valence-corrected chi connectivity index (χ0v) is 17.4. The Kier molecular flexibility index (Phi) is 5.39. The van der Waals surface area contributed by atoms with E-state index >= 15 is 0 Å². The molecule has 8 nitrogen and oxygen atoms in total. The van der Waals surface area contributed by atoms with Crippen LogP contribution in [0.1, 0.15) is 29.0 Å². The Labute approximate surface area is 172 Å². The van der Waals surface area contributed by atoms with Crippen LogP contribution in [0.15, 0.2) is 23.5 Å². The van der Waals surface area contributed by atoms with Crippen molar-refractivity contribution in [3.63, 3.8) is 0 Å². The quantitative estimate of drug-likeness (QED) is 0.643. The van der Waals surface area contributed by atoms with Crippen molar-refractivity contribution in [3.05, 3.63) is 34.6 Å². The SMILES string of the molecule is COc1cc2c(cc1Nc1ncnc3sc(CCCC(=O)N(C)C)nc13)C=NC2. The van der Waals surface area contributed by atoms with Crippen molar-refractivity contribution in [1.82, 2.24) is 19.9 Å². The number of nitrogens with zero attached hydrogens (tertiary/aromatic N) is 5. The van der Waals surface area contributed by atoms with Crippen LogP contribution in [0.2, 0.25) is 0 Å². The Balaban J connectivity index is 1.56. The van der Waals surface area contributed by atoms with E-state index in [4.69, 9.17) is 9.72 Å². The second-order valence-electron chi connectivity index (χ2n) is 6.97. The van der Waals surface area contributed by atoms with Gasteiger partial charge in [0.05, 0.1) is 24.3 Å². The average molecular weight is 411 g/mol. The van der Waals surface area contributed by atoms with Gasteiger partial charge in [-0.2, -0.15) is 0 Å². The summed E-state index contributed by atoms with van der Waals surface area (Å²) in [4.78, 5) is 32.0. The van der Waals surface area contributed by atoms with E-state index in [2.05, 4.69) is 20.3 Å². The van der Waals surface area contributed by atoms with Gasteiger partial charge in [-0.3, -0.25) is 9.79 Å². The van der Waals surface area contributed by atoms with E-state index < -0.39 is 0 Å². The number of nitrogens with one attached hydrogen (secondary N) is 1. The smallest absolute Gasteiger partial charge is 0.222 e. The van der Waals surface area contributed by atoms with Crippen molar-refractivity contribution >= 4 is 45.3 Å². The van der Waals surface area contributed by atoms with Crippen LogP contribution in [0.25, 0.3) is 10.3 Å². The molecule has 0 radical (unpaired) electrons. The van der Waals surface area contributed by atoms with Gasteiger partial charge in [-0.05, 0) is 36.1 Å². The fourth-order valence-electron chi connectivity index (χ4n) is 3.14. The van der Waals surface area contributed by atoms with Gasteiger partial charge in [-0.25, -0.2) is 15.0 Å². The van der Waals surface area contributed by atoms with Crippen LogP contribution >= 0.6 is 11.3 Å². The lowest BCUT2D eigenvalue weighted by molar-refractivity contribution is -0.128. The summed E-state index contributed by atoms with van der Waals surface area (Å²) in [5.74, 6) is 1.49. The predicted octanol–water partition coefficient (Wildman–Crippen LogP) is 3.18. The minimum absolute atomic E-state index is 0.125. The number of fused-ring (bicyclic) bond motifs is 2. The van der Waals surface area contributed by atoms with Crippen molar-refractivity contribution in [2.45, 2.75) is 25.8 Å². The molecule has 0 fully saturated rings. The van der Waals surface area contributed by atoms with E-state index in [1.807, 2.05) is 18.3 Å². The van der Waals surface area contributed by atoms with Crippen LogP contribution in [-0.2, 0) is 17.8 Å². The molecule has 1 N–H and O–H groups in total. The van der Waals surface area contributed by atoms with Gasteiger partial charge in [0.25, 0.3) is 0 Å². The van der Waals surface area contributed by atoms with Crippen LogP contribution < -0.4 is 10.1 Å². The van der Waals surface area contributed by atoms with Crippen molar-refractivity contribution in [2.75, 3.05) is 26.5 Å². The van der Waals surface area contributed by atoms with Gasteiger partial charge in [0.15, 0.2) is 5.82 Å². The first-order valence-corrected chi connectivity index (χ1v) is 10.1. The van der Waals surface area contributed by atoms with Crippen LogP contribution in [0, 0.1) is 0 Å². The van der Waals surface area contributed by atoms with Crippen molar-refractivity contribution in [1.29, 1.82) is 0 Å². The summed E-state index contributed by atoms with van der Waals surface area (Å²) in [5, 5.41) is 4.29. The van der Waals surface area contributed by atoms with Gasteiger partial charge in [0.1, 0.15) is 22.4 Å². The van der Waals surface area contributed by atoms with E-state index in [1.54, 1.807) is 26.1 Å². The Morgan fingerprint density at radius 2 is 2.17 bits per heavy atom. The van der Waals surface area contributed by atoms with Gasteiger partial charge in [-0.1, -0.05) is 11.3 Å². The van der Waals surface area contributed by atoms with E-state index in [0.717, 1.165) is 50.8 Å². The number of carbonyl (C=O) groups is 1. The number of methoxy groups -OCH3 is 1. The molecule has 4 rings (SSSR count). The number of aliphatic imine (C=N–C) groups is 1. The van der Waals surface area contributed by atoms with Crippen LogP contribution in [0.5, 0.6) is 5.75 Å². The number of aromatic nitrogens is 3. The molecular formula is C20H22N6O2S. The third-order valence-electron chi connectivity index (χ3n) is 4.73. The number of thiazole rings is 1. The monoisotopic (exact) mass is 410 g/mol. The molecule has 0 unspecified atom stereocenters. The summed E-state index contributed by atoms with van der Waals surface area (Å²) in [7, 11) is 5.19. The predicted molar refractivity (Wildman–Crippen MR) is 114 cm³/mol. The normalized spacial score (nSPS) is 12.2. The topological polar surface area (TPSA) is 92.6 Å². The summed E-state index contributed by atoms with van der Waals surface area (Å²) in [5.41, 5.74) is 3.75. The second-order valence-corrected chi connectivity index (χ2v) is 8.03. The lowest BCUT2D eigenvalue weighted by atomic mass is 10.1. The summed E-state index contributed by atoms with van der Waals surface area (Å²) in [6.45, 7) is 0.676.